The normalized spacial score (nSPS) is 16.5. The SMILES string of the molecule is COc1cc(C2(C)SCc3cc(C)c(C)cc3CS2)ccc1O. The average molecular weight is 347 g/mol. The van der Waals surface area contributed by atoms with Crippen LogP contribution in [0.3, 0.4) is 0 Å². The van der Waals surface area contributed by atoms with Crippen molar-refractivity contribution in [2.45, 2.75) is 36.4 Å². The van der Waals surface area contributed by atoms with Gasteiger partial charge in [-0.15, -0.1) is 23.5 Å². The van der Waals surface area contributed by atoms with E-state index in [-0.39, 0.29) is 9.83 Å². The molecule has 2 nitrogen and oxygen atoms in total. The van der Waals surface area contributed by atoms with Gasteiger partial charge in [0.05, 0.1) is 11.2 Å². The maximum Gasteiger partial charge on any atom is 0.160 e. The van der Waals surface area contributed by atoms with Gasteiger partial charge in [-0.3, -0.25) is 0 Å². The summed E-state index contributed by atoms with van der Waals surface area (Å²) in [7, 11) is 1.59. The van der Waals surface area contributed by atoms with Crippen molar-refractivity contribution in [1.82, 2.24) is 0 Å². The van der Waals surface area contributed by atoms with Gasteiger partial charge in [0.2, 0.25) is 0 Å². The minimum atomic E-state index is -0.0538. The number of rotatable bonds is 2. The van der Waals surface area contributed by atoms with Crippen LogP contribution in [0.4, 0.5) is 0 Å². The van der Waals surface area contributed by atoms with E-state index < -0.39 is 0 Å². The van der Waals surface area contributed by atoms with E-state index >= 15 is 0 Å². The molecule has 0 radical (unpaired) electrons. The number of hydrogen-bond acceptors (Lipinski definition) is 4. The molecule has 4 heteroatoms. The number of phenols is 1. The van der Waals surface area contributed by atoms with E-state index in [9.17, 15) is 5.11 Å². The van der Waals surface area contributed by atoms with Gasteiger partial charge in [-0.25, -0.2) is 0 Å². The molecule has 0 unspecified atom stereocenters. The second-order valence-corrected chi connectivity index (χ2v) is 9.16. The first-order valence-corrected chi connectivity index (χ1v) is 9.64. The first-order chi connectivity index (χ1) is 10.9. The van der Waals surface area contributed by atoms with Crippen molar-refractivity contribution in [2.75, 3.05) is 7.11 Å². The summed E-state index contributed by atoms with van der Waals surface area (Å²) in [5.74, 6) is 2.74. The number of hydrogen-bond donors (Lipinski definition) is 1. The first-order valence-electron chi connectivity index (χ1n) is 7.67. The zero-order valence-electron chi connectivity index (χ0n) is 14.0. The van der Waals surface area contributed by atoms with Gasteiger partial charge in [0, 0.05) is 11.5 Å². The molecular formula is C19H22O2S2. The Morgan fingerprint density at radius 3 is 2.09 bits per heavy atom. The third-order valence-electron chi connectivity index (χ3n) is 4.53. The van der Waals surface area contributed by atoms with Crippen molar-refractivity contribution in [3.8, 4) is 11.5 Å². The van der Waals surface area contributed by atoms with Gasteiger partial charge in [0.1, 0.15) is 0 Å². The van der Waals surface area contributed by atoms with Gasteiger partial charge in [-0.1, -0.05) is 18.2 Å². The number of methoxy groups -OCH3 is 1. The van der Waals surface area contributed by atoms with Crippen molar-refractivity contribution < 1.29 is 9.84 Å². The molecule has 2 aromatic carbocycles. The lowest BCUT2D eigenvalue weighted by Gasteiger charge is -2.27. The maximum atomic E-state index is 9.84. The molecule has 0 atom stereocenters. The first kappa shape index (κ1) is 16.6. The highest BCUT2D eigenvalue weighted by Gasteiger charge is 2.31. The van der Waals surface area contributed by atoms with E-state index in [1.54, 1.807) is 13.2 Å². The van der Waals surface area contributed by atoms with Crippen molar-refractivity contribution in [2.24, 2.45) is 0 Å². The van der Waals surface area contributed by atoms with Crippen LogP contribution < -0.4 is 4.74 Å². The summed E-state index contributed by atoms with van der Waals surface area (Å²) in [6.07, 6.45) is 0. The smallest absolute Gasteiger partial charge is 0.160 e. The minimum Gasteiger partial charge on any atom is -0.504 e. The molecule has 0 aromatic heterocycles. The van der Waals surface area contributed by atoms with Gasteiger partial charge in [-0.2, -0.15) is 0 Å². The zero-order chi connectivity index (χ0) is 16.6. The molecule has 0 spiro atoms. The third-order valence-corrected chi connectivity index (χ3v) is 7.72. The van der Waals surface area contributed by atoms with Gasteiger partial charge < -0.3 is 9.84 Å². The lowest BCUT2D eigenvalue weighted by atomic mass is 10.0. The monoisotopic (exact) mass is 346 g/mol. The highest BCUT2D eigenvalue weighted by atomic mass is 32.2. The minimum absolute atomic E-state index is 0.0538. The van der Waals surface area contributed by atoms with Crippen molar-refractivity contribution >= 4 is 23.5 Å². The van der Waals surface area contributed by atoms with Crippen molar-refractivity contribution in [3.05, 3.63) is 58.1 Å². The standard InChI is InChI=1S/C19H22O2S2/c1-12-7-14-10-22-19(3,23-11-15(14)8-13(12)2)16-5-6-17(20)18(9-16)21-4/h5-9,20H,10-11H2,1-4H3. The second kappa shape index (κ2) is 6.33. The highest BCUT2D eigenvalue weighted by molar-refractivity contribution is 8.16. The number of aryl methyl sites for hydroxylation is 2. The molecule has 0 bridgehead atoms. The quantitative estimate of drug-likeness (QED) is 0.791. The number of phenolic OH excluding ortho intramolecular Hbond substituents is 1. The fourth-order valence-electron chi connectivity index (χ4n) is 2.80. The summed E-state index contributed by atoms with van der Waals surface area (Å²) in [4.78, 5) is 0. The Kier molecular flexibility index (Phi) is 4.56. The molecular weight excluding hydrogens is 324 g/mol. The summed E-state index contributed by atoms with van der Waals surface area (Å²) in [6.45, 7) is 6.63. The Morgan fingerprint density at radius 2 is 1.57 bits per heavy atom. The highest BCUT2D eigenvalue weighted by Crippen LogP contribution is 2.52. The zero-order valence-corrected chi connectivity index (χ0v) is 15.6. The predicted octanol–water partition coefficient (Wildman–Crippen LogP) is 5.37. The summed E-state index contributed by atoms with van der Waals surface area (Å²) < 4.78 is 5.22. The number of aromatic hydroxyl groups is 1. The summed E-state index contributed by atoms with van der Waals surface area (Å²) >= 11 is 3.90. The Morgan fingerprint density at radius 1 is 1.00 bits per heavy atom. The van der Waals surface area contributed by atoms with Crippen molar-refractivity contribution in [1.29, 1.82) is 0 Å². The van der Waals surface area contributed by atoms with E-state index in [1.807, 2.05) is 35.7 Å². The summed E-state index contributed by atoms with van der Waals surface area (Å²) in [5.41, 5.74) is 6.80. The van der Waals surface area contributed by atoms with E-state index in [4.69, 9.17) is 4.74 Å². The van der Waals surface area contributed by atoms with Crippen LogP contribution in [0.5, 0.6) is 11.5 Å². The summed E-state index contributed by atoms with van der Waals surface area (Å²) in [6, 6.07) is 10.4. The van der Waals surface area contributed by atoms with Crippen LogP contribution in [0, 0.1) is 13.8 Å². The lowest BCUT2D eigenvalue weighted by Crippen LogP contribution is -2.12. The molecule has 0 saturated heterocycles. The molecule has 122 valence electrons. The maximum absolute atomic E-state index is 9.84. The Labute approximate surface area is 146 Å². The van der Waals surface area contributed by atoms with Crippen LogP contribution in [0.2, 0.25) is 0 Å². The predicted molar refractivity (Wildman–Crippen MR) is 101 cm³/mol. The van der Waals surface area contributed by atoms with Crippen LogP contribution in [-0.2, 0) is 15.6 Å². The molecule has 1 aliphatic heterocycles. The molecule has 0 saturated carbocycles. The van der Waals surface area contributed by atoms with E-state index in [1.165, 1.54) is 27.8 Å². The number of ether oxygens (including phenoxy) is 1. The van der Waals surface area contributed by atoms with E-state index in [0.29, 0.717) is 5.75 Å². The molecule has 2 aromatic rings. The van der Waals surface area contributed by atoms with E-state index in [0.717, 1.165) is 11.5 Å². The molecule has 0 aliphatic carbocycles. The Balaban J connectivity index is 1.93. The van der Waals surface area contributed by atoms with Crippen LogP contribution in [0.15, 0.2) is 30.3 Å². The molecule has 0 fully saturated rings. The average Bonchev–Trinajstić information content (AvgIpc) is 2.69. The molecule has 1 heterocycles. The summed E-state index contributed by atoms with van der Waals surface area (Å²) in [5, 5.41) is 9.84. The lowest BCUT2D eigenvalue weighted by molar-refractivity contribution is 0.373. The van der Waals surface area contributed by atoms with Crippen LogP contribution in [0.1, 0.15) is 34.7 Å². The van der Waals surface area contributed by atoms with Crippen LogP contribution >= 0.6 is 23.5 Å². The van der Waals surface area contributed by atoms with Gasteiger partial charge in [-0.05, 0) is 60.7 Å². The largest absolute Gasteiger partial charge is 0.504 e. The van der Waals surface area contributed by atoms with Crippen LogP contribution in [0.25, 0.3) is 0 Å². The second-order valence-electron chi connectivity index (χ2n) is 6.11. The number of thioether (sulfide) groups is 2. The fourth-order valence-corrected chi connectivity index (χ4v) is 5.48. The molecule has 1 aliphatic rings. The Hall–Kier alpha value is -1.26. The van der Waals surface area contributed by atoms with Gasteiger partial charge >= 0.3 is 0 Å². The molecule has 0 amide bonds. The number of fused-ring (bicyclic) bond motifs is 1. The van der Waals surface area contributed by atoms with Gasteiger partial charge in [0.15, 0.2) is 11.5 Å². The van der Waals surface area contributed by atoms with Crippen molar-refractivity contribution in [3.63, 3.8) is 0 Å². The van der Waals surface area contributed by atoms with E-state index in [2.05, 4.69) is 32.9 Å². The molecule has 1 N–H and O–H groups in total. The molecule has 3 rings (SSSR count). The third kappa shape index (κ3) is 3.20. The fraction of sp³-hybridized carbons (Fsp3) is 0.368. The topological polar surface area (TPSA) is 29.5 Å². The molecule has 23 heavy (non-hydrogen) atoms. The Bertz CT molecular complexity index is 707. The van der Waals surface area contributed by atoms with Crippen LogP contribution in [-0.4, -0.2) is 12.2 Å². The number of benzene rings is 2. The van der Waals surface area contributed by atoms with Gasteiger partial charge in [0.25, 0.3) is 0 Å².